The molecule has 0 aliphatic carbocycles. The number of nitriles is 1. The Hall–Kier alpha value is -2.54. The Kier molecular flexibility index (Phi) is 2.87. The minimum atomic E-state index is -0.507. The van der Waals surface area contributed by atoms with Crippen molar-refractivity contribution in [2.75, 3.05) is 0 Å². The summed E-state index contributed by atoms with van der Waals surface area (Å²) in [4.78, 5) is 12.2. The Morgan fingerprint density at radius 1 is 1.33 bits per heavy atom. The normalized spacial score (nSPS) is 19.7. The predicted molar refractivity (Wildman–Crippen MR) is 79.3 cm³/mol. The van der Waals surface area contributed by atoms with Gasteiger partial charge in [0.1, 0.15) is 17.2 Å². The van der Waals surface area contributed by atoms with Gasteiger partial charge in [-0.05, 0) is 25.0 Å². The Morgan fingerprint density at radius 3 is 2.62 bits per heavy atom. The van der Waals surface area contributed by atoms with Crippen LogP contribution in [0.25, 0.3) is 0 Å². The van der Waals surface area contributed by atoms with Crippen molar-refractivity contribution in [3.8, 4) is 11.9 Å². The zero-order valence-corrected chi connectivity index (χ0v) is 12.3. The number of rotatable bonds is 1. The highest BCUT2D eigenvalue weighted by atomic mass is 16.5. The Labute approximate surface area is 123 Å². The van der Waals surface area contributed by atoms with Crippen molar-refractivity contribution in [3.63, 3.8) is 0 Å². The van der Waals surface area contributed by atoms with Gasteiger partial charge in [0, 0.05) is 19.0 Å². The topological polar surface area (TPSA) is 55.0 Å². The number of aromatic nitrogens is 1. The van der Waals surface area contributed by atoms with Crippen molar-refractivity contribution in [3.05, 3.63) is 62.9 Å². The van der Waals surface area contributed by atoms with E-state index in [2.05, 4.69) is 0 Å². The van der Waals surface area contributed by atoms with E-state index in [1.54, 1.807) is 7.05 Å². The fourth-order valence-corrected chi connectivity index (χ4v) is 2.94. The van der Waals surface area contributed by atoms with E-state index in [1.165, 1.54) is 4.57 Å². The zero-order chi connectivity index (χ0) is 15.2. The molecule has 0 amide bonds. The maximum Gasteiger partial charge on any atom is 0.271 e. The average molecular weight is 280 g/mol. The van der Waals surface area contributed by atoms with Gasteiger partial charge in [-0.1, -0.05) is 30.3 Å². The van der Waals surface area contributed by atoms with E-state index >= 15 is 0 Å². The van der Waals surface area contributed by atoms with Crippen molar-refractivity contribution in [2.45, 2.75) is 25.9 Å². The van der Waals surface area contributed by atoms with E-state index in [0.29, 0.717) is 12.3 Å². The van der Waals surface area contributed by atoms with Crippen LogP contribution in [0.2, 0.25) is 0 Å². The van der Waals surface area contributed by atoms with E-state index in [4.69, 9.17) is 4.74 Å². The highest BCUT2D eigenvalue weighted by Gasteiger charge is 2.39. The highest BCUT2D eigenvalue weighted by Crippen LogP contribution is 2.42. The third-order valence-corrected chi connectivity index (χ3v) is 4.24. The summed E-state index contributed by atoms with van der Waals surface area (Å²) >= 11 is 0. The van der Waals surface area contributed by atoms with Crippen molar-refractivity contribution in [1.29, 1.82) is 5.26 Å². The quantitative estimate of drug-likeness (QED) is 0.806. The Morgan fingerprint density at radius 2 is 2.00 bits per heavy atom. The molecular weight excluding hydrogens is 264 g/mol. The molecule has 1 unspecified atom stereocenters. The van der Waals surface area contributed by atoms with Gasteiger partial charge < -0.3 is 4.74 Å². The van der Waals surface area contributed by atoms with Gasteiger partial charge in [-0.25, -0.2) is 0 Å². The maximum atomic E-state index is 12.2. The predicted octanol–water partition coefficient (Wildman–Crippen LogP) is 2.42. The number of pyridine rings is 1. The molecule has 0 saturated heterocycles. The summed E-state index contributed by atoms with van der Waals surface area (Å²) in [5.41, 5.74) is 2.14. The lowest BCUT2D eigenvalue weighted by Crippen LogP contribution is -2.28. The molecule has 21 heavy (non-hydrogen) atoms. The molecule has 0 N–H and O–H groups in total. The molecule has 1 aromatic heterocycles. The Bertz CT molecular complexity index is 815. The van der Waals surface area contributed by atoms with Gasteiger partial charge in [0.2, 0.25) is 5.88 Å². The molecule has 4 nitrogen and oxygen atoms in total. The number of nitrogens with zero attached hydrogens (tertiary/aromatic N) is 2. The van der Waals surface area contributed by atoms with Gasteiger partial charge in [0.25, 0.3) is 5.56 Å². The summed E-state index contributed by atoms with van der Waals surface area (Å²) in [6, 6.07) is 12.0. The van der Waals surface area contributed by atoms with Crippen molar-refractivity contribution in [2.24, 2.45) is 7.05 Å². The molecule has 1 aromatic carbocycles. The fourth-order valence-electron chi connectivity index (χ4n) is 2.94. The smallest absolute Gasteiger partial charge is 0.271 e. The van der Waals surface area contributed by atoms with Gasteiger partial charge in [-0.2, -0.15) is 5.26 Å². The van der Waals surface area contributed by atoms with Gasteiger partial charge in [0.05, 0.1) is 0 Å². The third kappa shape index (κ3) is 1.85. The minimum Gasteiger partial charge on any atom is -0.467 e. The molecule has 2 aromatic rings. The van der Waals surface area contributed by atoms with Crippen LogP contribution in [-0.2, 0) is 19.1 Å². The molecule has 4 heteroatoms. The largest absolute Gasteiger partial charge is 0.467 e. The molecule has 1 aliphatic rings. The summed E-state index contributed by atoms with van der Waals surface area (Å²) in [6.07, 6.45) is 0.654. The molecule has 2 heterocycles. The molecule has 0 saturated carbocycles. The van der Waals surface area contributed by atoms with Crippen LogP contribution in [0.4, 0.5) is 0 Å². The van der Waals surface area contributed by atoms with Gasteiger partial charge in [0.15, 0.2) is 0 Å². The lowest BCUT2D eigenvalue weighted by atomic mass is 9.89. The van der Waals surface area contributed by atoms with Crippen LogP contribution in [0, 0.1) is 18.3 Å². The monoisotopic (exact) mass is 280 g/mol. The van der Waals surface area contributed by atoms with Crippen LogP contribution >= 0.6 is 0 Å². The number of hydrogen-bond acceptors (Lipinski definition) is 3. The summed E-state index contributed by atoms with van der Waals surface area (Å²) < 4.78 is 7.57. The second-order valence-electron chi connectivity index (χ2n) is 5.64. The lowest BCUT2D eigenvalue weighted by molar-refractivity contribution is 0.105. The van der Waals surface area contributed by atoms with Gasteiger partial charge in [-0.3, -0.25) is 9.36 Å². The lowest BCUT2D eigenvalue weighted by Gasteiger charge is -2.24. The van der Waals surface area contributed by atoms with Crippen LogP contribution in [0.5, 0.6) is 5.88 Å². The first kappa shape index (κ1) is 13.4. The van der Waals surface area contributed by atoms with E-state index in [-0.39, 0.29) is 11.1 Å². The first-order valence-corrected chi connectivity index (χ1v) is 6.85. The molecule has 106 valence electrons. The molecule has 1 atom stereocenters. The number of ether oxygens (including phenoxy) is 1. The first-order chi connectivity index (χ1) is 9.98. The molecular formula is C17H16N2O2. The van der Waals surface area contributed by atoms with Crippen LogP contribution in [0.15, 0.2) is 35.1 Å². The molecule has 3 rings (SSSR count). The molecule has 1 aliphatic heterocycles. The number of benzene rings is 1. The molecule has 0 spiro atoms. The van der Waals surface area contributed by atoms with Crippen LogP contribution in [-0.4, -0.2) is 4.57 Å². The average Bonchev–Trinajstić information content (AvgIpc) is 2.86. The second-order valence-corrected chi connectivity index (χ2v) is 5.64. The van der Waals surface area contributed by atoms with Gasteiger partial charge in [-0.15, -0.1) is 0 Å². The molecule has 0 fully saturated rings. The minimum absolute atomic E-state index is 0.206. The standard InChI is InChI=1S/C17H16N2O2/c1-11-13-9-17(2,12-7-5-4-6-8-12)21-16(13)19(3)15(20)14(11)10-18/h4-8H,9H2,1-3H3. The summed E-state index contributed by atoms with van der Waals surface area (Å²) in [7, 11) is 1.65. The van der Waals surface area contributed by atoms with Crippen LogP contribution in [0.3, 0.4) is 0 Å². The molecule has 0 radical (unpaired) electrons. The third-order valence-electron chi connectivity index (χ3n) is 4.24. The summed E-state index contributed by atoms with van der Waals surface area (Å²) in [5.74, 6) is 0.572. The van der Waals surface area contributed by atoms with Crippen molar-refractivity contribution in [1.82, 2.24) is 4.57 Å². The Balaban J connectivity index is 2.19. The van der Waals surface area contributed by atoms with Gasteiger partial charge >= 0.3 is 0 Å². The fraction of sp³-hybridized carbons (Fsp3) is 0.294. The second kappa shape index (κ2) is 4.49. The van der Waals surface area contributed by atoms with E-state index in [1.807, 2.05) is 50.2 Å². The summed E-state index contributed by atoms with van der Waals surface area (Å²) in [5, 5.41) is 9.20. The molecule has 0 bridgehead atoms. The van der Waals surface area contributed by atoms with Crippen molar-refractivity contribution >= 4 is 0 Å². The summed E-state index contributed by atoms with van der Waals surface area (Å²) in [6.45, 7) is 3.83. The van der Waals surface area contributed by atoms with Crippen LogP contribution < -0.4 is 10.3 Å². The first-order valence-electron chi connectivity index (χ1n) is 6.85. The zero-order valence-electron chi connectivity index (χ0n) is 12.3. The maximum absolute atomic E-state index is 12.2. The van der Waals surface area contributed by atoms with Crippen LogP contribution in [0.1, 0.15) is 29.2 Å². The van der Waals surface area contributed by atoms with Crippen molar-refractivity contribution < 1.29 is 4.74 Å². The van der Waals surface area contributed by atoms with E-state index in [9.17, 15) is 10.1 Å². The van der Waals surface area contributed by atoms with E-state index < -0.39 is 5.60 Å². The highest BCUT2D eigenvalue weighted by molar-refractivity contribution is 5.49. The van der Waals surface area contributed by atoms with E-state index in [0.717, 1.165) is 16.7 Å². The SMILES string of the molecule is Cc1c2c(n(C)c(=O)c1C#N)OC(C)(c1ccccc1)C2. The number of fused-ring (bicyclic) bond motifs is 1. The number of hydrogen-bond donors (Lipinski definition) is 0.